The molecule has 0 bridgehead atoms. The molecule has 1 amide bonds. The molecule has 3 N–H and O–H groups in total. The van der Waals surface area contributed by atoms with Crippen molar-refractivity contribution in [1.82, 2.24) is 29.8 Å². The average Bonchev–Trinajstić information content (AvgIpc) is 3.31. The Morgan fingerprint density at radius 1 is 1.08 bits per heavy atom. The number of pyridine rings is 1. The Balaban J connectivity index is 1.27. The minimum absolute atomic E-state index is 0.0276. The van der Waals surface area contributed by atoms with Crippen LogP contribution in [0.5, 0.6) is 0 Å². The van der Waals surface area contributed by atoms with Gasteiger partial charge < -0.3 is 19.9 Å². The number of carbonyl (C=O) groups is 1. The number of rotatable bonds is 2. The minimum Gasteiger partial charge on any atom is -0.346 e. The number of nitrogens with zero attached hydrogens (tertiary/aromatic N) is 3. The first kappa shape index (κ1) is 22.7. The SMILES string of the molecule is O=C1NC2(CC2)Cc2ccc(Cl)c(F)c2-c2cc(=O)n3c(c21)CC[C@H]3c1ncc(-c2ccc3[nH]cnc3c2)[nH]1. The molecule has 8 rings (SSSR count). The Hall–Kier alpha value is -4.24. The summed E-state index contributed by atoms with van der Waals surface area (Å²) in [5.74, 6) is -0.235. The van der Waals surface area contributed by atoms with Crippen LogP contribution < -0.4 is 10.9 Å². The summed E-state index contributed by atoms with van der Waals surface area (Å²) in [6, 6.07) is 10.3. The summed E-state index contributed by atoms with van der Waals surface area (Å²) in [5, 5.41) is 3.17. The molecule has 0 unspecified atom stereocenters. The molecule has 5 aromatic rings. The van der Waals surface area contributed by atoms with Gasteiger partial charge in [0.25, 0.3) is 11.5 Å². The Morgan fingerprint density at radius 3 is 2.79 bits per heavy atom. The molecular formula is C29H22ClFN6O2. The fraction of sp³-hybridized carbons (Fsp3) is 0.241. The maximum Gasteiger partial charge on any atom is 0.254 e. The number of aromatic nitrogens is 5. The predicted octanol–water partition coefficient (Wildman–Crippen LogP) is 4.93. The second kappa shape index (κ2) is 7.89. The largest absolute Gasteiger partial charge is 0.346 e. The quantitative estimate of drug-likeness (QED) is 0.295. The molecule has 1 atom stereocenters. The molecule has 8 nitrogen and oxygen atoms in total. The van der Waals surface area contributed by atoms with Crippen molar-refractivity contribution in [2.75, 3.05) is 0 Å². The van der Waals surface area contributed by atoms with Gasteiger partial charge in [0.2, 0.25) is 0 Å². The van der Waals surface area contributed by atoms with Crippen LogP contribution in [-0.4, -0.2) is 35.9 Å². The number of hydrogen-bond donors (Lipinski definition) is 3. The zero-order valence-corrected chi connectivity index (χ0v) is 21.4. The van der Waals surface area contributed by atoms with Crippen LogP contribution in [0.2, 0.25) is 5.02 Å². The lowest BCUT2D eigenvalue weighted by molar-refractivity contribution is 0.0929. The number of fused-ring (bicyclic) bond motifs is 6. The summed E-state index contributed by atoms with van der Waals surface area (Å²) in [7, 11) is 0. The normalized spacial score (nSPS) is 18.8. The van der Waals surface area contributed by atoms with Gasteiger partial charge in [0.05, 0.1) is 45.9 Å². The van der Waals surface area contributed by atoms with Gasteiger partial charge in [0.15, 0.2) is 0 Å². The van der Waals surface area contributed by atoms with E-state index in [2.05, 4.69) is 25.3 Å². The molecule has 3 aromatic heterocycles. The van der Waals surface area contributed by atoms with E-state index in [4.69, 9.17) is 11.6 Å². The number of aromatic amines is 2. The van der Waals surface area contributed by atoms with Gasteiger partial charge in [-0.2, -0.15) is 0 Å². The zero-order chi connectivity index (χ0) is 26.5. The number of H-pyrrole nitrogens is 2. The van der Waals surface area contributed by atoms with E-state index in [0.29, 0.717) is 41.9 Å². The van der Waals surface area contributed by atoms with Crippen molar-refractivity contribution in [2.24, 2.45) is 0 Å². The van der Waals surface area contributed by atoms with Crippen molar-refractivity contribution >= 4 is 28.5 Å². The summed E-state index contributed by atoms with van der Waals surface area (Å²) in [4.78, 5) is 42.7. The molecule has 1 aliphatic carbocycles. The van der Waals surface area contributed by atoms with E-state index in [-0.39, 0.29) is 33.6 Å². The molecule has 5 heterocycles. The smallest absolute Gasteiger partial charge is 0.254 e. The molecule has 1 fully saturated rings. The third kappa shape index (κ3) is 3.35. The Kier molecular flexibility index (Phi) is 4.60. The van der Waals surface area contributed by atoms with E-state index in [1.54, 1.807) is 29.2 Å². The van der Waals surface area contributed by atoms with Gasteiger partial charge in [0.1, 0.15) is 11.6 Å². The number of amides is 1. The first-order chi connectivity index (χ1) is 18.9. The van der Waals surface area contributed by atoms with Crippen molar-refractivity contribution in [1.29, 1.82) is 0 Å². The van der Waals surface area contributed by atoms with E-state index in [1.807, 2.05) is 18.2 Å². The highest BCUT2D eigenvalue weighted by atomic mass is 35.5. The number of halogens is 2. The number of imidazole rings is 2. The van der Waals surface area contributed by atoms with Crippen LogP contribution in [0.1, 0.15) is 52.7 Å². The van der Waals surface area contributed by atoms with Gasteiger partial charge in [-0.15, -0.1) is 0 Å². The van der Waals surface area contributed by atoms with Crippen LogP contribution in [0.3, 0.4) is 0 Å². The van der Waals surface area contributed by atoms with Crippen LogP contribution in [0.4, 0.5) is 4.39 Å². The van der Waals surface area contributed by atoms with E-state index >= 15 is 4.39 Å². The molecule has 39 heavy (non-hydrogen) atoms. The summed E-state index contributed by atoms with van der Waals surface area (Å²) in [6.07, 6.45) is 6.62. The second-order valence-electron chi connectivity index (χ2n) is 10.8. The van der Waals surface area contributed by atoms with Gasteiger partial charge >= 0.3 is 0 Å². The number of hydrogen-bond acceptors (Lipinski definition) is 4. The third-order valence-corrected chi connectivity index (χ3v) is 8.69. The average molecular weight is 541 g/mol. The molecular weight excluding hydrogens is 519 g/mol. The molecule has 1 saturated carbocycles. The van der Waals surface area contributed by atoms with E-state index in [9.17, 15) is 9.59 Å². The Morgan fingerprint density at radius 2 is 1.95 bits per heavy atom. The molecule has 194 valence electrons. The molecule has 0 radical (unpaired) electrons. The predicted molar refractivity (Wildman–Crippen MR) is 144 cm³/mol. The van der Waals surface area contributed by atoms with Crippen molar-refractivity contribution in [2.45, 2.75) is 43.7 Å². The Labute approximate surface area is 226 Å². The topological polar surface area (TPSA) is 108 Å². The molecule has 0 saturated heterocycles. The van der Waals surface area contributed by atoms with Gasteiger partial charge in [-0.3, -0.25) is 9.59 Å². The van der Waals surface area contributed by atoms with Crippen molar-refractivity contribution in [3.63, 3.8) is 0 Å². The van der Waals surface area contributed by atoms with E-state index < -0.39 is 5.82 Å². The van der Waals surface area contributed by atoms with Crippen molar-refractivity contribution in [3.05, 3.63) is 92.8 Å². The van der Waals surface area contributed by atoms with Crippen LogP contribution in [0.25, 0.3) is 33.4 Å². The molecule has 10 heteroatoms. The maximum absolute atomic E-state index is 15.5. The maximum atomic E-state index is 15.5. The lowest BCUT2D eigenvalue weighted by Crippen LogP contribution is -2.41. The second-order valence-corrected chi connectivity index (χ2v) is 11.2. The summed E-state index contributed by atoms with van der Waals surface area (Å²) < 4.78 is 17.2. The number of benzene rings is 2. The molecule has 2 aromatic carbocycles. The van der Waals surface area contributed by atoms with Crippen LogP contribution in [0.15, 0.2) is 53.7 Å². The Bertz CT molecular complexity index is 1920. The lowest BCUT2D eigenvalue weighted by atomic mass is 9.88. The highest BCUT2D eigenvalue weighted by Crippen LogP contribution is 2.46. The minimum atomic E-state index is -0.593. The van der Waals surface area contributed by atoms with Crippen molar-refractivity contribution in [3.8, 4) is 22.4 Å². The molecule has 1 spiro atoms. The van der Waals surface area contributed by atoms with E-state index in [1.165, 1.54) is 6.07 Å². The van der Waals surface area contributed by atoms with Gasteiger partial charge in [0, 0.05) is 34.0 Å². The van der Waals surface area contributed by atoms with Crippen LogP contribution >= 0.6 is 11.6 Å². The van der Waals surface area contributed by atoms with Gasteiger partial charge in [-0.05, 0) is 55.9 Å². The summed E-state index contributed by atoms with van der Waals surface area (Å²) in [6.45, 7) is 0. The fourth-order valence-corrected chi connectivity index (χ4v) is 6.48. The van der Waals surface area contributed by atoms with Gasteiger partial charge in [-0.1, -0.05) is 23.7 Å². The summed E-state index contributed by atoms with van der Waals surface area (Å²) in [5.41, 5.74) is 5.09. The van der Waals surface area contributed by atoms with Crippen molar-refractivity contribution < 1.29 is 9.18 Å². The number of nitrogens with one attached hydrogen (secondary N) is 3. The van der Waals surface area contributed by atoms with Crippen LogP contribution in [0, 0.1) is 5.82 Å². The summed E-state index contributed by atoms with van der Waals surface area (Å²) >= 11 is 6.19. The first-order valence-corrected chi connectivity index (χ1v) is 13.4. The van der Waals surface area contributed by atoms with Crippen LogP contribution in [-0.2, 0) is 12.8 Å². The monoisotopic (exact) mass is 540 g/mol. The van der Waals surface area contributed by atoms with Gasteiger partial charge in [-0.25, -0.2) is 14.4 Å². The van der Waals surface area contributed by atoms with E-state index in [0.717, 1.165) is 40.7 Å². The standard InChI is InChI=1S/C29H22ClFN6O2/c30-17-3-1-15-11-29(7-8-29)36-28(39)25-16(24(15)26(17)31)10-23(38)37-21(25)5-6-22(37)27-32-12-20(35-27)14-2-4-18-19(9-14)34-13-33-18/h1-4,9-10,12-13,22H,5-8,11H2,(H,32,35)(H,33,34)(H,36,39)/t22-/m0/s1. The fourth-order valence-electron chi connectivity index (χ4n) is 6.32. The number of carbonyl (C=O) groups excluding carboxylic acids is 1. The third-order valence-electron chi connectivity index (χ3n) is 8.40. The zero-order valence-electron chi connectivity index (χ0n) is 20.6. The lowest BCUT2D eigenvalue weighted by Gasteiger charge is -2.27. The first-order valence-electron chi connectivity index (χ1n) is 13.0. The molecule has 3 aliphatic rings. The highest BCUT2D eigenvalue weighted by Gasteiger charge is 2.47. The highest BCUT2D eigenvalue weighted by molar-refractivity contribution is 6.31. The molecule has 2 aliphatic heterocycles.